The van der Waals surface area contributed by atoms with E-state index in [4.69, 9.17) is 0 Å². The molecule has 1 saturated carbocycles. The van der Waals surface area contributed by atoms with E-state index in [0.717, 1.165) is 49.7 Å². The standard InChI is InChI=1S/C21H27N5O3/c27-18(22-12-6-13-25-15-23-16-7-1-2-8-17(16)25)9-5-14-26-19(28)21(24-20(26)29)10-3-4-11-21/h1-2,7-8,15H,3-6,9-14H2,(H,22,27)(H,24,29). The van der Waals surface area contributed by atoms with Crippen molar-refractivity contribution in [3.8, 4) is 0 Å². The highest BCUT2D eigenvalue weighted by Crippen LogP contribution is 2.35. The minimum atomic E-state index is -0.670. The van der Waals surface area contributed by atoms with E-state index in [1.165, 1.54) is 4.90 Å². The van der Waals surface area contributed by atoms with Crippen LogP contribution in [-0.2, 0) is 16.1 Å². The summed E-state index contributed by atoms with van der Waals surface area (Å²) in [5, 5.41) is 5.78. The van der Waals surface area contributed by atoms with Gasteiger partial charge < -0.3 is 15.2 Å². The first-order valence-corrected chi connectivity index (χ1v) is 10.4. The number of nitrogens with zero attached hydrogens (tertiary/aromatic N) is 3. The molecule has 1 aliphatic carbocycles. The number of aromatic nitrogens is 2. The van der Waals surface area contributed by atoms with Gasteiger partial charge in [-0.05, 0) is 37.8 Å². The van der Waals surface area contributed by atoms with Crippen LogP contribution >= 0.6 is 0 Å². The first-order valence-electron chi connectivity index (χ1n) is 10.4. The molecule has 0 bridgehead atoms. The molecule has 1 aromatic carbocycles. The van der Waals surface area contributed by atoms with E-state index in [9.17, 15) is 14.4 Å². The van der Waals surface area contributed by atoms with Gasteiger partial charge in [0.1, 0.15) is 5.54 Å². The first-order chi connectivity index (χ1) is 14.1. The Kier molecular flexibility index (Phi) is 5.51. The molecule has 2 aromatic rings. The van der Waals surface area contributed by atoms with E-state index in [0.29, 0.717) is 25.9 Å². The topological polar surface area (TPSA) is 96.3 Å². The SMILES string of the molecule is O=C(CCCN1C(=O)NC2(CCCC2)C1=O)NCCCn1cnc2ccccc21. The van der Waals surface area contributed by atoms with Crippen molar-refractivity contribution in [1.29, 1.82) is 0 Å². The normalized spacial score (nSPS) is 18.0. The monoisotopic (exact) mass is 397 g/mol. The lowest BCUT2D eigenvalue weighted by Crippen LogP contribution is -2.44. The van der Waals surface area contributed by atoms with Crippen molar-refractivity contribution < 1.29 is 14.4 Å². The lowest BCUT2D eigenvalue weighted by molar-refractivity contribution is -0.131. The minimum Gasteiger partial charge on any atom is -0.356 e. The van der Waals surface area contributed by atoms with Gasteiger partial charge in [0.2, 0.25) is 5.91 Å². The van der Waals surface area contributed by atoms with Crippen LogP contribution in [0.5, 0.6) is 0 Å². The van der Waals surface area contributed by atoms with Gasteiger partial charge in [-0.1, -0.05) is 25.0 Å². The summed E-state index contributed by atoms with van der Waals surface area (Å²) >= 11 is 0. The van der Waals surface area contributed by atoms with Crippen LogP contribution in [0.3, 0.4) is 0 Å². The maximum Gasteiger partial charge on any atom is 0.325 e. The molecular weight excluding hydrogens is 370 g/mol. The highest BCUT2D eigenvalue weighted by atomic mass is 16.2. The van der Waals surface area contributed by atoms with Gasteiger partial charge in [-0.15, -0.1) is 0 Å². The Morgan fingerprint density at radius 3 is 2.76 bits per heavy atom. The zero-order valence-electron chi connectivity index (χ0n) is 16.5. The van der Waals surface area contributed by atoms with Gasteiger partial charge in [0, 0.05) is 26.1 Å². The fourth-order valence-electron chi connectivity index (χ4n) is 4.35. The second-order valence-electron chi connectivity index (χ2n) is 7.91. The number of imide groups is 1. The summed E-state index contributed by atoms with van der Waals surface area (Å²) < 4.78 is 2.08. The van der Waals surface area contributed by atoms with Crippen LogP contribution in [0, 0.1) is 0 Å². The van der Waals surface area contributed by atoms with Gasteiger partial charge in [0.05, 0.1) is 17.4 Å². The Morgan fingerprint density at radius 2 is 1.93 bits per heavy atom. The van der Waals surface area contributed by atoms with Crippen molar-refractivity contribution in [2.45, 2.75) is 57.0 Å². The van der Waals surface area contributed by atoms with E-state index >= 15 is 0 Å². The number of carbonyl (C=O) groups excluding carboxylic acids is 3. The van der Waals surface area contributed by atoms with E-state index in [1.54, 1.807) is 0 Å². The number of hydrogen-bond acceptors (Lipinski definition) is 4. The number of para-hydroxylation sites is 2. The van der Waals surface area contributed by atoms with Crippen LogP contribution in [0.4, 0.5) is 4.79 Å². The molecule has 4 rings (SSSR count). The number of aryl methyl sites for hydroxylation is 1. The Hall–Kier alpha value is -2.90. The fraction of sp³-hybridized carbons (Fsp3) is 0.524. The third-order valence-corrected chi connectivity index (χ3v) is 5.91. The van der Waals surface area contributed by atoms with Crippen LogP contribution < -0.4 is 10.6 Å². The predicted octanol–water partition coefficient (Wildman–Crippen LogP) is 2.19. The number of benzene rings is 1. The molecule has 8 heteroatoms. The molecule has 2 fully saturated rings. The highest BCUT2D eigenvalue weighted by molar-refractivity contribution is 6.07. The van der Waals surface area contributed by atoms with Gasteiger partial charge in [0.25, 0.3) is 5.91 Å². The van der Waals surface area contributed by atoms with E-state index in [1.807, 2.05) is 30.6 Å². The van der Waals surface area contributed by atoms with Gasteiger partial charge in [0.15, 0.2) is 0 Å². The summed E-state index contributed by atoms with van der Waals surface area (Å²) in [6.07, 6.45) is 6.80. The van der Waals surface area contributed by atoms with Crippen LogP contribution in [0.1, 0.15) is 44.9 Å². The van der Waals surface area contributed by atoms with Gasteiger partial charge in [-0.25, -0.2) is 9.78 Å². The maximum atomic E-state index is 12.6. The number of imidazole rings is 1. The lowest BCUT2D eigenvalue weighted by atomic mass is 9.98. The maximum absolute atomic E-state index is 12.6. The van der Waals surface area contributed by atoms with Crippen molar-refractivity contribution in [3.63, 3.8) is 0 Å². The number of amides is 4. The van der Waals surface area contributed by atoms with Crippen molar-refractivity contribution >= 4 is 28.9 Å². The Balaban J connectivity index is 1.15. The van der Waals surface area contributed by atoms with Crippen LogP contribution in [0.25, 0.3) is 11.0 Å². The van der Waals surface area contributed by atoms with Crippen molar-refractivity contribution in [2.24, 2.45) is 0 Å². The molecule has 1 aliphatic heterocycles. The largest absolute Gasteiger partial charge is 0.356 e. The number of carbonyl (C=O) groups is 3. The summed E-state index contributed by atoms with van der Waals surface area (Å²) in [5.74, 6) is -0.170. The molecule has 4 amide bonds. The molecule has 154 valence electrons. The van der Waals surface area contributed by atoms with Crippen LogP contribution in [0.2, 0.25) is 0 Å². The van der Waals surface area contributed by atoms with Crippen molar-refractivity contribution in [3.05, 3.63) is 30.6 Å². The lowest BCUT2D eigenvalue weighted by Gasteiger charge is -2.19. The average molecular weight is 397 g/mol. The van der Waals surface area contributed by atoms with E-state index in [2.05, 4.69) is 20.2 Å². The highest BCUT2D eigenvalue weighted by Gasteiger charge is 2.51. The molecule has 2 aliphatic rings. The zero-order valence-corrected chi connectivity index (χ0v) is 16.5. The number of rotatable bonds is 8. The molecular formula is C21H27N5O3. The number of urea groups is 1. The average Bonchev–Trinajstić information content (AvgIpc) is 3.41. The number of nitrogens with one attached hydrogen (secondary N) is 2. The third kappa shape index (κ3) is 3.97. The summed E-state index contributed by atoms with van der Waals surface area (Å²) in [7, 11) is 0. The minimum absolute atomic E-state index is 0.0527. The summed E-state index contributed by atoms with van der Waals surface area (Å²) in [6.45, 7) is 1.66. The summed E-state index contributed by atoms with van der Waals surface area (Å²) in [6, 6.07) is 7.65. The smallest absolute Gasteiger partial charge is 0.325 e. The zero-order chi connectivity index (χ0) is 20.3. The molecule has 1 saturated heterocycles. The van der Waals surface area contributed by atoms with Crippen LogP contribution in [-0.4, -0.2) is 50.9 Å². The predicted molar refractivity (Wildman–Crippen MR) is 108 cm³/mol. The van der Waals surface area contributed by atoms with E-state index in [-0.39, 0.29) is 17.8 Å². The second kappa shape index (κ2) is 8.23. The quantitative estimate of drug-likeness (QED) is 0.527. The summed E-state index contributed by atoms with van der Waals surface area (Å²) in [4.78, 5) is 42.4. The Bertz CT molecular complexity index is 916. The fourth-order valence-corrected chi connectivity index (χ4v) is 4.35. The van der Waals surface area contributed by atoms with Crippen molar-refractivity contribution in [1.82, 2.24) is 25.1 Å². The molecule has 8 nitrogen and oxygen atoms in total. The Morgan fingerprint density at radius 1 is 1.14 bits per heavy atom. The molecule has 29 heavy (non-hydrogen) atoms. The molecule has 2 N–H and O–H groups in total. The third-order valence-electron chi connectivity index (χ3n) is 5.91. The Labute approximate surface area is 169 Å². The molecule has 0 unspecified atom stereocenters. The van der Waals surface area contributed by atoms with Gasteiger partial charge >= 0.3 is 6.03 Å². The van der Waals surface area contributed by atoms with Gasteiger partial charge in [-0.3, -0.25) is 14.5 Å². The van der Waals surface area contributed by atoms with Gasteiger partial charge in [-0.2, -0.15) is 0 Å². The molecule has 1 spiro atoms. The molecule has 1 aromatic heterocycles. The number of hydrogen-bond donors (Lipinski definition) is 2. The summed E-state index contributed by atoms with van der Waals surface area (Å²) in [5.41, 5.74) is 1.39. The molecule has 2 heterocycles. The number of fused-ring (bicyclic) bond motifs is 1. The van der Waals surface area contributed by atoms with Crippen LogP contribution in [0.15, 0.2) is 30.6 Å². The van der Waals surface area contributed by atoms with E-state index < -0.39 is 5.54 Å². The first kappa shape index (κ1) is 19.4. The molecule has 0 radical (unpaired) electrons. The second-order valence-corrected chi connectivity index (χ2v) is 7.91. The van der Waals surface area contributed by atoms with Crippen molar-refractivity contribution in [2.75, 3.05) is 13.1 Å². The molecule has 0 atom stereocenters.